The Morgan fingerprint density at radius 1 is 1.33 bits per heavy atom. The molecule has 2 aliphatic heterocycles. The van der Waals surface area contributed by atoms with Gasteiger partial charge in [-0.1, -0.05) is 12.1 Å². The number of carbonyl (C=O) groups is 2. The van der Waals surface area contributed by atoms with Gasteiger partial charge in [-0.3, -0.25) is 14.6 Å². The number of rotatable bonds is 4. The number of likely N-dealkylation sites (tertiary alicyclic amines) is 1. The Kier molecular flexibility index (Phi) is 4.72. The lowest BCUT2D eigenvalue weighted by molar-refractivity contribution is -0.122. The molecule has 8 nitrogen and oxygen atoms in total. The fourth-order valence-corrected chi connectivity index (χ4v) is 3.57. The monoisotopic (exact) mass is 368 g/mol. The summed E-state index contributed by atoms with van der Waals surface area (Å²) in [6, 6.07) is 6.82. The topological polar surface area (TPSA) is 84.9 Å². The zero-order valence-corrected chi connectivity index (χ0v) is 14.9. The van der Waals surface area contributed by atoms with Gasteiger partial charge in [-0.15, -0.1) is 0 Å². The van der Waals surface area contributed by atoms with Crippen LogP contribution in [-0.2, 0) is 9.53 Å². The standard InChI is InChI=1S/C19H20N4O4/c1-26-9-8-22-15-4-2-3-5-17(15)27-13-10-16(19(22)25)23(12-13)18(24)14-11-20-6-7-21-14/h2-7,11,13,16H,8-10,12H2,1H3. The van der Waals surface area contributed by atoms with Crippen LogP contribution >= 0.6 is 0 Å². The minimum atomic E-state index is -0.602. The van der Waals surface area contributed by atoms with E-state index in [1.165, 1.54) is 18.6 Å². The van der Waals surface area contributed by atoms with Crippen LogP contribution in [0.15, 0.2) is 42.9 Å². The number of carbonyl (C=O) groups excluding carboxylic acids is 2. The molecule has 1 aromatic carbocycles. The smallest absolute Gasteiger partial charge is 0.274 e. The van der Waals surface area contributed by atoms with Gasteiger partial charge in [0.15, 0.2) is 0 Å². The lowest BCUT2D eigenvalue weighted by Crippen LogP contribution is -2.49. The average molecular weight is 368 g/mol. The Labute approximate surface area is 156 Å². The molecule has 2 aliphatic rings. The first-order valence-electron chi connectivity index (χ1n) is 8.82. The molecular weight excluding hydrogens is 348 g/mol. The van der Waals surface area contributed by atoms with Gasteiger partial charge < -0.3 is 19.3 Å². The van der Waals surface area contributed by atoms with Crippen molar-refractivity contribution in [3.8, 4) is 5.75 Å². The minimum Gasteiger partial charge on any atom is -0.486 e. The second-order valence-electron chi connectivity index (χ2n) is 6.49. The van der Waals surface area contributed by atoms with Crippen molar-refractivity contribution in [3.05, 3.63) is 48.5 Å². The lowest BCUT2D eigenvalue weighted by Gasteiger charge is -2.31. The van der Waals surface area contributed by atoms with Crippen LogP contribution in [0.1, 0.15) is 16.9 Å². The number of anilines is 1. The lowest BCUT2D eigenvalue weighted by atomic mass is 10.1. The Bertz CT molecular complexity index is 845. The number of amides is 2. The molecule has 2 bridgehead atoms. The van der Waals surface area contributed by atoms with E-state index >= 15 is 0 Å². The number of aromatic nitrogens is 2. The molecule has 1 aromatic heterocycles. The number of hydrogen-bond acceptors (Lipinski definition) is 6. The highest BCUT2D eigenvalue weighted by Gasteiger charge is 2.45. The highest BCUT2D eigenvalue weighted by Crippen LogP contribution is 2.36. The van der Waals surface area contributed by atoms with E-state index in [1.54, 1.807) is 16.9 Å². The summed E-state index contributed by atoms with van der Waals surface area (Å²) in [7, 11) is 1.59. The molecule has 2 unspecified atom stereocenters. The van der Waals surface area contributed by atoms with Crippen LogP contribution in [0.3, 0.4) is 0 Å². The molecule has 0 N–H and O–H groups in total. The predicted octanol–water partition coefficient (Wildman–Crippen LogP) is 1.13. The van der Waals surface area contributed by atoms with Crippen LogP contribution in [0.4, 0.5) is 5.69 Å². The predicted molar refractivity (Wildman–Crippen MR) is 96.6 cm³/mol. The van der Waals surface area contributed by atoms with Crippen molar-refractivity contribution < 1.29 is 19.1 Å². The molecule has 4 rings (SSSR count). The molecule has 2 amide bonds. The highest BCUT2D eigenvalue weighted by molar-refractivity contribution is 6.03. The van der Waals surface area contributed by atoms with Crippen molar-refractivity contribution >= 4 is 17.5 Å². The summed E-state index contributed by atoms with van der Waals surface area (Å²) >= 11 is 0. The van der Waals surface area contributed by atoms with Gasteiger partial charge in [0.05, 0.1) is 25.0 Å². The summed E-state index contributed by atoms with van der Waals surface area (Å²) in [5.41, 5.74) is 0.916. The molecule has 0 spiro atoms. The van der Waals surface area contributed by atoms with Gasteiger partial charge in [0, 0.05) is 32.5 Å². The normalized spacial score (nSPS) is 21.3. The molecule has 0 radical (unpaired) electrons. The summed E-state index contributed by atoms with van der Waals surface area (Å²) in [4.78, 5) is 37.5. The van der Waals surface area contributed by atoms with Crippen LogP contribution < -0.4 is 9.64 Å². The molecule has 2 aromatic rings. The van der Waals surface area contributed by atoms with E-state index in [0.717, 1.165) is 0 Å². The van der Waals surface area contributed by atoms with Gasteiger partial charge in [0.2, 0.25) is 5.91 Å². The Hall–Kier alpha value is -3.00. The van der Waals surface area contributed by atoms with Crippen molar-refractivity contribution in [1.29, 1.82) is 0 Å². The van der Waals surface area contributed by atoms with Crippen LogP contribution in [0.5, 0.6) is 5.75 Å². The van der Waals surface area contributed by atoms with Crippen LogP contribution in [-0.4, -0.2) is 65.6 Å². The first-order valence-corrected chi connectivity index (χ1v) is 8.82. The number of hydrogen-bond donors (Lipinski definition) is 0. The zero-order chi connectivity index (χ0) is 18.8. The molecule has 1 fully saturated rings. The maximum Gasteiger partial charge on any atom is 0.274 e. The third-order valence-corrected chi connectivity index (χ3v) is 4.83. The Morgan fingerprint density at radius 2 is 2.19 bits per heavy atom. The summed E-state index contributed by atoms with van der Waals surface area (Å²) < 4.78 is 11.3. The fraction of sp³-hybridized carbons (Fsp3) is 0.368. The maximum atomic E-state index is 13.4. The highest BCUT2D eigenvalue weighted by atomic mass is 16.5. The molecule has 2 atom stereocenters. The van der Waals surface area contributed by atoms with Crippen molar-refractivity contribution in [1.82, 2.24) is 14.9 Å². The number of ether oxygens (including phenoxy) is 2. The number of methoxy groups -OCH3 is 1. The second kappa shape index (κ2) is 7.32. The van der Waals surface area contributed by atoms with E-state index in [9.17, 15) is 9.59 Å². The first-order chi connectivity index (χ1) is 13.2. The summed E-state index contributed by atoms with van der Waals surface area (Å²) in [6.45, 7) is 1.09. The SMILES string of the molecule is COCCN1C(=O)C2CC(CN2C(=O)c2cnccn2)Oc2ccccc21. The first kappa shape index (κ1) is 17.4. The van der Waals surface area contributed by atoms with Gasteiger partial charge in [-0.25, -0.2) is 4.98 Å². The van der Waals surface area contributed by atoms with Crippen LogP contribution in [0, 0.1) is 0 Å². The Morgan fingerprint density at radius 3 is 2.96 bits per heavy atom. The van der Waals surface area contributed by atoms with Gasteiger partial charge in [-0.2, -0.15) is 0 Å². The van der Waals surface area contributed by atoms with Crippen molar-refractivity contribution in [2.24, 2.45) is 0 Å². The Balaban J connectivity index is 1.69. The summed E-state index contributed by atoms with van der Waals surface area (Å²) in [5, 5.41) is 0. The largest absolute Gasteiger partial charge is 0.486 e. The molecule has 3 heterocycles. The molecule has 140 valence electrons. The van der Waals surface area contributed by atoms with E-state index in [1.807, 2.05) is 24.3 Å². The van der Waals surface area contributed by atoms with Gasteiger partial charge in [-0.05, 0) is 12.1 Å². The fourth-order valence-electron chi connectivity index (χ4n) is 3.57. The van der Waals surface area contributed by atoms with E-state index < -0.39 is 6.04 Å². The van der Waals surface area contributed by atoms with Gasteiger partial charge in [0.25, 0.3) is 5.91 Å². The van der Waals surface area contributed by atoms with Crippen LogP contribution in [0.25, 0.3) is 0 Å². The van der Waals surface area contributed by atoms with Crippen molar-refractivity contribution in [2.75, 3.05) is 31.7 Å². The second-order valence-corrected chi connectivity index (χ2v) is 6.49. The third kappa shape index (κ3) is 3.23. The van der Waals surface area contributed by atoms with Gasteiger partial charge in [0.1, 0.15) is 23.6 Å². The maximum absolute atomic E-state index is 13.4. The number of benzene rings is 1. The molecule has 8 heteroatoms. The average Bonchev–Trinajstić information content (AvgIpc) is 3.13. The van der Waals surface area contributed by atoms with Gasteiger partial charge >= 0.3 is 0 Å². The number of fused-ring (bicyclic) bond motifs is 3. The van der Waals surface area contributed by atoms with Crippen molar-refractivity contribution in [2.45, 2.75) is 18.6 Å². The summed E-state index contributed by atoms with van der Waals surface area (Å²) in [6.07, 6.45) is 4.59. The third-order valence-electron chi connectivity index (χ3n) is 4.83. The molecule has 27 heavy (non-hydrogen) atoms. The van der Waals surface area contributed by atoms with Crippen LogP contribution in [0.2, 0.25) is 0 Å². The molecular formula is C19H20N4O4. The zero-order valence-electron chi connectivity index (χ0n) is 14.9. The van der Waals surface area contributed by atoms with E-state index in [-0.39, 0.29) is 23.6 Å². The minimum absolute atomic E-state index is 0.137. The summed E-state index contributed by atoms with van der Waals surface area (Å²) in [5.74, 6) is 0.187. The molecule has 1 saturated heterocycles. The van der Waals surface area contributed by atoms with E-state index in [2.05, 4.69) is 9.97 Å². The van der Waals surface area contributed by atoms with E-state index in [4.69, 9.17) is 9.47 Å². The van der Waals surface area contributed by atoms with Crippen molar-refractivity contribution in [3.63, 3.8) is 0 Å². The molecule has 0 aliphatic carbocycles. The molecule has 0 saturated carbocycles. The quantitative estimate of drug-likeness (QED) is 0.804. The van der Waals surface area contributed by atoms with E-state index in [0.29, 0.717) is 37.6 Å². The number of nitrogens with zero attached hydrogens (tertiary/aromatic N) is 4. The number of para-hydroxylation sites is 2.